The van der Waals surface area contributed by atoms with E-state index in [2.05, 4.69) is 10.6 Å². The van der Waals surface area contributed by atoms with E-state index >= 15 is 0 Å². The molecule has 1 aromatic rings. The second-order valence-corrected chi connectivity index (χ2v) is 6.78. The molecule has 23 heavy (non-hydrogen) atoms. The van der Waals surface area contributed by atoms with E-state index in [9.17, 15) is 14.7 Å². The molecule has 0 aromatic carbocycles. The fourth-order valence-electron chi connectivity index (χ4n) is 3.29. The van der Waals surface area contributed by atoms with Crippen LogP contribution in [0.3, 0.4) is 0 Å². The highest BCUT2D eigenvalue weighted by atomic mass is 16.3. The zero-order chi connectivity index (χ0) is 17.0. The van der Waals surface area contributed by atoms with Gasteiger partial charge in [0.15, 0.2) is 0 Å². The van der Waals surface area contributed by atoms with E-state index in [0.717, 1.165) is 25.7 Å². The number of urea groups is 1. The number of pyridine rings is 1. The van der Waals surface area contributed by atoms with E-state index in [1.807, 2.05) is 6.92 Å². The van der Waals surface area contributed by atoms with Crippen LogP contribution in [0.2, 0.25) is 0 Å². The Morgan fingerprint density at radius 1 is 1.39 bits per heavy atom. The predicted octanol–water partition coefficient (Wildman–Crippen LogP) is 2.15. The molecule has 0 bridgehead atoms. The first-order chi connectivity index (χ1) is 10.9. The second-order valence-electron chi connectivity index (χ2n) is 6.78. The highest BCUT2D eigenvalue weighted by Crippen LogP contribution is 2.32. The number of rotatable bonds is 4. The molecule has 3 N–H and O–H groups in total. The van der Waals surface area contributed by atoms with Crippen molar-refractivity contribution >= 4 is 11.7 Å². The number of anilines is 1. The molecule has 1 aliphatic carbocycles. The fraction of sp³-hybridized carbons (Fsp3) is 0.647. The normalized spacial score (nSPS) is 18.3. The first-order valence-corrected chi connectivity index (χ1v) is 8.23. The number of aryl methyl sites for hydroxylation is 2. The molecular formula is C17H27N3O3. The third kappa shape index (κ3) is 3.93. The summed E-state index contributed by atoms with van der Waals surface area (Å²) >= 11 is 0. The molecule has 1 fully saturated rings. The molecule has 1 aromatic heterocycles. The van der Waals surface area contributed by atoms with Gasteiger partial charge in [0.1, 0.15) is 5.69 Å². The van der Waals surface area contributed by atoms with Crippen molar-refractivity contribution in [3.63, 3.8) is 0 Å². The minimum absolute atomic E-state index is 0.114. The SMILES string of the molecule is Cc1ccn(C)c(=O)c1NC(=O)NC(C)(CO)C1CCCCC1. The van der Waals surface area contributed by atoms with Gasteiger partial charge in [-0.15, -0.1) is 0 Å². The van der Waals surface area contributed by atoms with Crippen LogP contribution in [0, 0.1) is 12.8 Å². The van der Waals surface area contributed by atoms with Crippen LogP contribution in [0.15, 0.2) is 17.1 Å². The maximum atomic E-state index is 12.4. The highest BCUT2D eigenvalue weighted by molar-refractivity contribution is 5.90. The van der Waals surface area contributed by atoms with Crippen LogP contribution < -0.4 is 16.2 Å². The van der Waals surface area contributed by atoms with Crippen molar-refractivity contribution in [2.45, 2.75) is 51.5 Å². The average Bonchev–Trinajstić information content (AvgIpc) is 2.56. The Balaban J connectivity index is 2.11. The summed E-state index contributed by atoms with van der Waals surface area (Å²) in [6, 6.07) is 1.34. The van der Waals surface area contributed by atoms with E-state index in [1.54, 1.807) is 26.2 Å². The molecule has 0 aliphatic heterocycles. The molecule has 1 atom stereocenters. The molecule has 2 amide bonds. The molecule has 1 saturated carbocycles. The Labute approximate surface area is 136 Å². The van der Waals surface area contributed by atoms with Crippen LogP contribution in [0.25, 0.3) is 0 Å². The predicted molar refractivity (Wildman–Crippen MR) is 90.6 cm³/mol. The van der Waals surface area contributed by atoms with Gasteiger partial charge in [0.25, 0.3) is 5.56 Å². The summed E-state index contributed by atoms with van der Waals surface area (Å²) in [6.07, 6.45) is 7.14. The lowest BCUT2D eigenvalue weighted by molar-refractivity contribution is 0.103. The third-order valence-electron chi connectivity index (χ3n) is 4.95. The van der Waals surface area contributed by atoms with Gasteiger partial charge in [-0.05, 0) is 44.2 Å². The smallest absolute Gasteiger partial charge is 0.319 e. The molecule has 1 aliphatic rings. The van der Waals surface area contributed by atoms with E-state index in [-0.39, 0.29) is 23.8 Å². The number of carbonyl (C=O) groups excluding carboxylic acids is 1. The van der Waals surface area contributed by atoms with Crippen LogP contribution in [0.1, 0.15) is 44.6 Å². The number of hydrogen-bond donors (Lipinski definition) is 3. The maximum absolute atomic E-state index is 12.4. The number of hydrogen-bond acceptors (Lipinski definition) is 3. The fourth-order valence-corrected chi connectivity index (χ4v) is 3.29. The summed E-state index contributed by atoms with van der Waals surface area (Å²) < 4.78 is 1.43. The Bertz CT molecular complexity index is 620. The van der Waals surface area contributed by atoms with Gasteiger partial charge in [-0.1, -0.05) is 19.3 Å². The molecule has 1 unspecified atom stereocenters. The van der Waals surface area contributed by atoms with Gasteiger partial charge >= 0.3 is 6.03 Å². The quantitative estimate of drug-likeness (QED) is 0.794. The van der Waals surface area contributed by atoms with Crippen molar-refractivity contribution in [1.29, 1.82) is 0 Å². The number of nitrogens with one attached hydrogen (secondary N) is 2. The second kappa shape index (κ2) is 7.17. The van der Waals surface area contributed by atoms with Crippen molar-refractivity contribution in [2.75, 3.05) is 11.9 Å². The van der Waals surface area contributed by atoms with Gasteiger partial charge < -0.3 is 20.3 Å². The van der Waals surface area contributed by atoms with Gasteiger partial charge in [0.2, 0.25) is 0 Å². The first kappa shape index (κ1) is 17.5. The van der Waals surface area contributed by atoms with Crippen molar-refractivity contribution < 1.29 is 9.90 Å². The monoisotopic (exact) mass is 321 g/mol. The number of aliphatic hydroxyl groups excluding tert-OH is 1. The Morgan fingerprint density at radius 3 is 2.65 bits per heavy atom. The van der Waals surface area contributed by atoms with Crippen molar-refractivity contribution in [3.05, 3.63) is 28.2 Å². The maximum Gasteiger partial charge on any atom is 0.319 e. The van der Waals surface area contributed by atoms with Crippen molar-refractivity contribution in [3.8, 4) is 0 Å². The molecule has 0 spiro atoms. The van der Waals surface area contributed by atoms with Crippen molar-refractivity contribution in [2.24, 2.45) is 13.0 Å². The summed E-state index contributed by atoms with van der Waals surface area (Å²) in [4.78, 5) is 24.5. The lowest BCUT2D eigenvalue weighted by Crippen LogP contribution is -2.56. The zero-order valence-corrected chi connectivity index (χ0v) is 14.2. The Hall–Kier alpha value is -1.82. The van der Waals surface area contributed by atoms with E-state index in [4.69, 9.17) is 0 Å². The number of aromatic nitrogens is 1. The summed E-state index contributed by atoms with van der Waals surface area (Å²) in [5, 5.41) is 15.3. The van der Waals surface area contributed by atoms with E-state index in [0.29, 0.717) is 5.56 Å². The van der Waals surface area contributed by atoms with Gasteiger partial charge in [-0.2, -0.15) is 0 Å². The number of nitrogens with zero attached hydrogens (tertiary/aromatic N) is 1. The highest BCUT2D eigenvalue weighted by Gasteiger charge is 2.36. The van der Waals surface area contributed by atoms with Gasteiger partial charge in [-0.3, -0.25) is 4.79 Å². The van der Waals surface area contributed by atoms with Gasteiger partial charge in [-0.25, -0.2) is 4.79 Å². The minimum Gasteiger partial charge on any atom is -0.394 e. The van der Waals surface area contributed by atoms with Crippen LogP contribution in [0.4, 0.5) is 10.5 Å². The molecule has 6 heteroatoms. The number of carbonyl (C=O) groups is 1. The van der Waals surface area contributed by atoms with Crippen LogP contribution in [-0.2, 0) is 7.05 Å². The molecular weight excluding hydrogens is 294 g/mol. The minimum atomic E-state index is -0.668. The largest absolute Gasteiger partial charge is 0.394 e. The number of aliphatic hydroxyl groups is 1. The summed E-state index contributed by atoms with van der Waals surface area (Å²) in [6.45, 7) is 3.54. The third-order valence-corrected chi connectivity index (χ3v) is 4.95. The van der Waals surface area contributed by atoms with Crippen molar-refractivity contribution in [1.82, 2.24) is 9.88 Å². The lowest BCUT2D eigenvalue weighted by atomic mass is 9.76. The van der Waals surface area contributed by atoms with Gasteiger partial charge in [0, 0.05) is 13.2 Å². The first-order valence-electron chi connectivity index (χ1n) is 8.23. The topological polar surface area (TPSA) is 83.4 Å². The van der Waals surface area contributed by atoms with E-state index in [1.165, 1.54) is 11.0 Å². The average molecular weight is 321 g/mol. The molecule has 128 valence electrons. The standard InChI is InChI=1S/C17H27N3O3/c1-12-9-10-20(3)15(22)14(12)18-16(23)19-17(2,11-21)13-7-5-4-6-8-13/h9-10,13,21H,4-8,11H2,1-3H3,(H2,18,19,23). The van der Waals surface area contributed by atoms with Gasteiger partial charge in [0.05, 0.1) is 12.1 Å². The Morgan fingerprint density at radius 2 is 2.04 bits per heavy atom. The zero-order valence-electron chi connectivity index (χ0n) is 14.2. The molecule has 6 nitrogen and oxygen atoms in total. The summed E-state index contributed by atoms with van der Waals surface area (Å²) in [5.74, 6) is 0.256. The molecule has 1 heterocycles. The van der Waals surface area contributed by atoms with Crippen LogP contribution in [0.5, 0.6) is 0 Å². The summed E-state index contributed by atoms with van der Waals surface area (Å²) in [7, 11) is 1.64. The molecule has 0 saturated heterocycles. The lowest BCUT2D eigenvalue weighted by Gasteiger charge is -2.39. The van der Waals surface area contributed by atoms with E-state index < -0.39 is 11.6 Å². The molecule has 2 rings (SSSR count). The number of amides is 2. The summed E-state index contributed by atoms with van der Waals surface area (Å²) in [5.41, 5.74) is 0.0740. The molecule has 0 radical (unpaired) electrons. The van der Waals surface area contributed by atoms with Crippen LogP contribution in [-0.4, -0.2) is 27.9 Å². The Kier molecular flexibility index (Phi) is 5.46. The van der Waals surface area contributed by atoms with Crippen LogP contribution >= 0.6 is 0 Å².